The summed E-state index contributed by atoms with van der Waals surface area (Å²) in [7, 11) is 0. The summed E-state index contributed by atoms with van der Waals surface area (Å²) in [6.45, 7) is 0.675. The molecule has 2 aromatic rings. The van der Waals surface area contributed by atoms with Crippen molar-refractivity contribution in [2.45, 2.75) is 32.2 Å². The van der Waals surface area contributed by atoms with E-state index in [4.69, 9.17) is 11.6 Å². The second-order valence-electron chi connectivity index (χ2n) is 4.89. The van der Waals surface area contributed by atoms with Gasteiger partial charge >= 0.3 is 0 Å². The number of hydrogen-bond donors (Lipinski definition) is 0. The molecule has 0 amide bonds. The lowest BCUT2D eigenvalue weighted by Gasteiger charge is -2.10. The first-order valence-corrected chi connectivity index (χ1v) is 6.65. The van der Waals surface area contributed by atoms with Gasteiger partial charge in [-0.3, -0.25) is 4.79 Å². The average molecular weight is 264 g/mol. The Morgan fingerprint density at radius 3 is 2.89 bits per heavy atom. The van der Waals surface area contributed by atoms with Gasteiger partial charge < -0.3 is 0 Å². The molecule has 3 rings (SSSR count). The highest BCUT2D eigenvalue weighted by Gasteiger charge is 2.17. The van der Waals surface area contributed by atoms with Crippen LogP contribution in [0.25, 0.3) is 10.9 Å². The predicted molar refractivity (Wildman–Crippen MR) is 70.8 cm³/mol. The first-order chi connectivity index (χ1) is 8.74. The first kappa shape index (κ1) is 11.7. The Hall–Kier alpha value is -1.42. The molecule has 0 spiro atoms. The molecule has 4 nitrogen and oxygen atoms in total. The Bertz CT molecular complexity index is 632. The fraction of sp³-hybridized carbons (Fsp3) is 0.462. The molecule has 1 aliphatic carbocycles. The molecule has 1 heterocycles. The van der Waals surface area contributed by atoms with Gasteiger partial charge in [0, 0.05) is 11.6 Å². The zero-order valence-corrected chi connectivity index (χ0v) is 10.7. The van der Waals surface area contributed by atoms with Crippen LogP contribution in [0.4, 0.5) is 0 Å². The summed E-state index contributed by atoms with van der Waals surface area (Å²) in [6, 6.07) is 5.12. The number of benzene rings is 1. The van der Waals surface area contributed by atoms with Crippen molar-refractivity contribution in [2.24, 2.45) is 5.92 Å². The molecule has 0 unspecified atom stereocenters. The molecular formula is C13H14ClN3O. The summed E-state index contributed by atoms with van der Waals surface area (Å²) in [5.74, 6) is 0.564. The van der Waals surface area contributed by atoms with Gasteiger partial charge in [0.25, 0.3) is 5.56 Å². The number of aromatic nitrogens is 3. The van der Waals surface area contributed by atoms with Crippen LogP contribution in [0.5, 0.6) is 0 Å². The Morgan fingerprint density at radius 2 is 2.11 bits per heavy atom. The maximum atomic E-state index is 12.3. The van der Waals surface area contributed by atoms with Crippen molar-refractivity contribution in [3.05, 3.63) is 33.6 Å². The second-order valence-corrected chi connectivity index (χ2v) is 5.33. The molecule has 0 radical (unpaired) electrons. The van der Waals surface area contributed by atoms with E-state index >= 15 is 0 Å². The monoisotopic (exact) mass is 263 g/mol. The normalized spacial score (nSPS) is 16.5. The van der Waals surface area contributed by atoms with Crippen molar-refractivity contribution in [1.29, 1.82) is 0 Å². The van der Waals surface area contributed by atoms with Crippen LogP contribution in [-0.4, -0.2) is 15.0 Å². The van der Waals surface area contributed by atoms with Crippen molar-refractivity contribution < 1.29 is 0 Å². The lowest BCUT2D eigenvalue weighted by Crippen LogP contribution is -2.27. The van der Waals surface area contributed by atoms with Crippen LogP contribution >= 0.6 is 11.6 Å². The molecule has 0 aliphatic heterocycles. The van der Waals surface area contributed by atoms with Gasteiger partial charge in [-0.05, 0) is 37.0 Å². The van der Waals surface area contributed by atoms with Crippen molar-refractivity contribution >= 4 is 22.5 Å². The fourth-order valence-corrected chi connectivity index (χ4v) is 2.78. The van der Waals surface area contributed by atoms with Crippen LogP contribution < -0.4 is 5.56 Å². The molecule has 1 saturated carbocycles. The van der Waals surface area contributed by atoms with Gasteiger partial charge in [-0.2, -0.15) is 0 Å². The summed E-state index contributed by atoms with van der Waals surface area (Å²) < 4.78 is 1.48. The van der Waals surface area contributed by atoms with Crippen LogP contribution in [0.1, 0.15) is 25.7 Å². The third-order valence-electron chi connectivity index (χ3n) is 3.59. The lowest BCUT2D eigenvalue weighted by atomic mass is 10.1. The van der Waals surface area contributed by atoms with E-state index in [-0.39, 0.29) is 5.56 Å². The summed E-state index contributed by atoms with van der Waals surface area (Å²) >= 11 is 5.92. The Morgan fingerprint density at radius 1 is 1.33 bits per heavy atom. The zero-order valence-electron chi connectivity index (χ0n) is 9.97. The number of rotatable bonds is 2. The average Bonchev–Trinajstić information content (AvgIpc) is 2.86. The molecule has 1 aromatic heterocycles. The Kier molecular flexibility index (Phi) is 3.04. The van der Waals surface area contributed by atoms with Crippen LogP contribution in [0.3, 0.4) is 0 Å². The molecule has 1 aromatic carbocycles. The van der Waals surface area contributed by atoms with Crippen molar-refractivity contribution in [1.82, 2.24) is 15.0 Å². The van der Waals surface area contributed by atoms with E-state index in [9.17, 15) is 4.79 Å². The minimum Gasteiger partial charge on any atom is -0.267 e. The third kappa shape index (κ3) is 2.12. The van der Waals surface area contributed by atoms with Crippen molar-refractivity contribution in [2.75, 3.05) is 0 Å². The summed E-state index contributed by atoms with van der Waals surface area (Å²) in [4.78, 5) is 12.3. The molecule has 1 aliphatic rings. The molecule has 0 N–H and O–H groups in total. The second kappa shape index (κ2) is 4.69. The molecule has 5 heteroatoms. The Labute approximate surface area is 110 Å². The maximum absolute atomic E-state index is 12.3. The zero-order chi connectivity index (χ0) is 12.5. The van der Waals surface area contributed by atoms with Gasteiger partial charge in [-0.25, -0.2) is 4.68 Å². The van der Waals surface area contributed by atoms with Crippen LogP contribution in [0.2, 0.25) is 5.02 Å². The molecule has 0 bridgehead atoms. The number of fused-ring (bicyclic) bond motifs is 1. The van der Waals surface area contributed by atoms with Crippen LogP contribution in [0.15, 0.2) is 23.0 Å². The van der Waals surface area contributed by atoms with Gasteiger partial charge in [0.15, 0.2) is 0 Å². The topological polar surface area (TPSA) is 47.8 Å². The van der Waals surface area contributed by atoms with Gasteiger partial charge in [0.1, 0.15) is 5.52 Å². The number of nitrogens with zero attached hydrogens (tertiary/aromatic N) is 3. The highest BCUT2D eigenvalue weighted by atomic mass is 35.5. The van der Waals surface area contributed by atoms with Gasteiger partial charge in [-0.15, -0.1) is 5.10 Å². The maximum Gasteiger partial charge on any atom is 0.277 e. The van der Waals surface area contributed by atoms with Gasteiger partial charge in [-0.1, -0.05) is 29.7 Å². The quantitative estimate of drug-likeness (QED) is 0.837. The number of hydrogen-bond acceptors (Lipinski definition) is 3. The minimum absolute atomic E-state index is 0.0885. The van der Waals surface area contributed by atoms with Crippen LogP contribution in [-0.2, 0) is 6.54 Å². The molecular weight excluding hydrogens is 250 g/mol. The van der Waals surface area contributed by atoms with E-state index in [2.05, 4.69) is 10.3 Å². The highest BCUT2D eigenvalue weighted by molar-refractivity contribution is 6.31. The number of halogens is 1. The van der Waals surface area contributed by atoms with Crippen molar-refractivity contribution in [3.63, 3.8) is 0 Å². The summed E-state index contributed by atoms with van der Waals surface area (Å²) in [6.07, 6.45) is 4.88. The molecule has 1 fully saturated rings. The predicted octanol–water partition coefficient (Wildman–Crippen LogP) is 2.64. The molecule has 0 atom stereocenters. The van der Waals surface area contributed by atoms with E-state index < -0.39 is 0 Å². The van der Waals surface area contributed by atoms with E-state index in [0.29, 0.717) is 28.4 Å². The van der Waals surface area contributed by atoms with E-state index in [0.717, 1.165) is 0 Å². The first-order valence-electron chi connectivity index (χ1n) is 6.27. The Balaban J connectivity index is 2.02. The molecule has 18 heavy (non-hydrogen) atoms. The fourth-order valence-electron chi connectivity index (χ4n) is 2.61. The lowest BCUT2D eigenvalue weighted by molar-refractivity contribution is 0.405. The largest absolute Gasteiger partial charge is 0.277 e. The summed E-state index contributed by atoms with van der Waals surface area (Å²) in [5.41, 5.74) is 0.515. The van der Waals surface area contributed by atoms with Crippen molar-refractivity contribution in [3.8, 4) is 0 Å². The van der Waals surface area contributed by atoms with Gasteiger partial charge in [0.05, 0.1) is 5.39 Å². The molecule has 94 valence electrons. The standard InChI is InChI=1S/C13H14ClN3O/c14-10-5-6-12-11(7-10)13(18)17(16-15-12)8-9-3-1-2-4-9/h5-7,9H,1-4,8H2. The van der Waals surface area contributed by atoms with E-state index in [1.165, 1.54) is 30.4 Å². The SMILES string of the molecule is O=c1c2cc(Cl)ccc2nnn1CC1CCCC1. The molecule has 0 saturated heterocycles. The smallest absolute Gasteiger partial charge is 0.267 e. The summed E-state index contributed by atoms with van der Waals surface area (Å²) in [5, 5.41) is 9.20. The van der Waals surface area contributed by atoms with Gasteiger partial charge in [0.2, 0.25) is 0 Å². The van der Waals surface area contributed by atoms with Crippen LogP contribution in [0, 0.1) is 5.92 Å². The highest BCUT2D eigenvalue weighted by Crippen LogP contribution is 2.25. The third-order valence-corrected chi connectivity index (χ3v) is 3.82. The van der Waals surface area contributed by atoms with E-state index in [1.54, 1.807) is 18.2 Å². The minimum atomic E-state index is -0.0885. The van der Waals surface area contributed by atoms with E-state index in [1.807, 2.05) is 0 Å².